The molecule has 0 spiro atoms. The zero-order chi connectivity index (χ0) is 46.1. The van der Waals surface area contributed by atoms with Gasteiger partial charge >= 0.3 is 5.69 Å². The fourth-order valence-electron chi connectivity index (χ4n) is 7.54. The SMILES string of the molecule is CCC(=O)N(CCNC(=O)CCCc1cn(CCC[C@@H]2C[C@H](n3cc(C)c(=O)[nH]c3=O)O[C@@H]2CO)nn1)CCN(CCSCCC(=O)NC1[C@H](O)OC(CO)[C@@H](O)[C@H]1O)C(=O)CC. The average Bonchev–Trinajstić information content (AvgIpc) is 3.91. The maximum atomic E-state index is 12.8. The summed E-state index contributed by atoms with van der Waals surface area (Å²) in [5.74, 6) is 0.0471. The molecule has 4 heterocycles. The number of aliphatic hydroxyl groups excluding tert-OH is 5. The molecule has 354 valence electrons. The van der Waals surface area contributed by atoms with E-state index in [1.807, 2.05) is 6.20 Å². The number of thioether (sulfide) groups is 1. The number of ether oxygens (including phenoxy) is 2. The molecule has 2 aromatic rings. The molecule has 4 amide bonds. The Bertz CT molecular complexity index is 1900. The summed E-state index contributed by atoms with van der Waals surface area (Å²) >= 11 is 1.43. The largest absolute Gasteiger partial charge is 0.394 e. The molecule has 0 radical (unpaired) electrons. The standard InChI is InChI=1S/C40H65N9O13S/c1-4-32(54)46(15-16-47(33(55)5-2)17-19-63-18-11-31(53)42-35-37(57)36(56)29(24-51)62-39(35)59)14-12-41-30(52)10-6-9-27-22-48(45-44-27)13-7-8-26-20-34(61-28(26)23-50)49-21-25(3)38(58)43-40(49)60/h21-22,26,28-29,34-37,39,50-51,56-57,59H,4-20,23-24H2,1-3H3,(H,41,52)(H,42,53)(H,43,58,60)/t26-,28-,29?,34-,35?,36-,37+,39-/m1/s1. The number of aryl methyl sites for hydroxylation is 3. The van der Waals surface area contributed by atoms with Crippen LogP contribution in [0.4, 0.5) is 0 Å². The third-order valence-electron chi connectivity index (χ3n) is 11.2. The number of aromatic nitrogens is 5. The zero-order valence-electron chi connectivity index (χ0n) is 36.3. The van der Waals surface area contributed by atoms with Crippen LogP contribution in [0.2, 0.25) is 0 Å². The first-order valence-electron chi connectivity index (χ1n) is 21.7. The fourth-order valence-corrected chi connectivity index (χ4v) is 8.43. The van der Waals surface area contributed by atoms with Crippen molar-refractivity contribution in [3.8, 4) is 0 Å². The van der Waals surface area contributed by atoms with Crippen molar-refractivity contribution in [1.82, 2.24) is 45.0 Å². The summed E-state index contributed by atoms with van der Waals surface area (Å²) in [6, 6.07) is -1.26. The number of carbonyl (C=O) groups is 4. The van der Waals surface area contributed by atoms with Crippen LogP contribution in [0.25, 0.3) is 0 Å². The summed E-state index contributed by atoms with van der Waals surface area (Å²) in [5, 5.41) is 63.3. The summed E-state index contributed by atoms with van der Waals surface area (Å²) < 4.78 is 14.1. The van der Waals surface area contributed by atoms with E-state index in [1.54, 1.807) is 35.3 Å². The second-order valence-electron chi connectivity index (χ2n) is 15.8. The van der Waals surface area contributed by atoms with Gasteiger partial charge in [0, 0.05) is 94.4 Å². The van der Waals surface area contributed by atoms with Crippen LogP contribution >= 0.6 is 11.8 Å². The lowest BCUT2D eigenvalue weighted by atomic mass is 9.95. The Morgan fingerprint density at radius 1 is 0.889 bits per heavy atom. The van der Waals surface area contributed by atoms with Gasteiger partial charge in [0.2, 0.25) is 23.6 Å². The molecular weight excluding hydrogens is 847 g/mol. The highest BCUT2D eigenvalue weighted by Crippen LogP contribution is 2.35. The molecule has 22 nitrogen and oxygen atoms in total. The Balaban J connectivity index is 1.11. The highest BCUT2D eigenvalue weighted by Gasteiger charge is 2.44. The number of nitrogens with zero attached hydrogens (tertiary/aromatic N) is 6. The van der Waals surface area contributed by atoms with Crippen molar-refractivity contribution in [2.75, 3.05) is 57.4 Å². The number of rotatable bonds is 26. The van der Waals surface area contributed by atoms with Crippen LogP contribution in [0.3, 0.4) is 0 Å². The van der Waals surface area contributed by atoms with E-state index >= 15 is 0 Å². The predicted octanol–water partition coefficient (Wildman–Crippen LogP) is -2.23. The zero-order valence-corrected chi connectivity index (χ0v) is 37.1. The van der Waals surface area contributed by atoms with Gasteiger partial charge in [0.05, 0.1) is 25.0 Å². The Kier molecular flexibility index (Phi) is 21.1. The molecule has 0 saturated carbocycles. The van der Waals surface area contributed by atoms with E-state index in [-0.39, 0.29) is 75.6 Å². The van der Waals surface area contributed by atoms with Crippen molar-refractivity contribution in [3.63, 3.8) is 0 Å². The minimum Gasteiger partial charge on any atom is -0.394 e. The van der Waals surface area contributed by atoms with Crippen LogP contribution < -0.4 is 21.9 Å². The number of aliphatic hydroxyl groups is 5. The van der Waals surface area contributed by atoms with Gasteiger partial charge in [-0.25, -0.2) is 4.79 Å². The second-order valence-corrected chi connectivity index (χ2v) is 17.0. The molecule has 2 aliphatic heterocycles. The van der Waals surface area contributed by atoms with Gasteiger partial charge in [-0.1, -0.05) is 19.1 Å². The minimum absolute atomic E-state index is 0.00352. The lowest BCUT2D eigenvalue weighted by Gasteiger charge is -2.40. The number of carbonyl (C=O) groups excluding carboxylic acids is 4. The number of hydrogen-bond donors (Lipinski definition) is 8. The molecule has 23 heteroatoms. The topological polar surface area (TPSA) is 304 Å². The number of H-pyrrole nitrogens is 1. The van der Waals surface area contributed by atoms with E-state index in [0.717, 1.165) is 18.5 Å². The maximum Gasteiger partial charge on any atom is 0.330 e. The van der Waals surface area contributed by atoms with Gasteiger partial charge in [-0.3, -0.25) is 38.2 Å². The maximum absolute atomic E-state index is 12.8. The van der Waals surface area contributed by atoms with Gasteiger partial charge in [0.25, 0.3) is 5.56 Å². The Hall–Kier alpha value is -4.23. The average molecular weight is 912 g/mol. The normalized spacial score (nSPS) is 23.4. The highest BCUT2D eigenvalue weighted by atomic mass is 32.2. The van der Waals surface area contributed by atoms with Crippen molar-refractivity contribution in [1.29, 1.82) is 0 Å². The smallest absolute Gasteiger partial charge is 0.330 e. The summed E-state index contributed by atoms with van der Waals surface area (Å²) in [4.78, 5) is 80.4. The van der Waals surface area contributed by atoms with Gasteiger partial charge < -0.3 is 55.4 Å². The van der Waals surface area contributed by atoms with Crippen molar-refractivity contribution in [2.45, 2.75) is 128 Å². The van der Waals surface area contributed by atoms with Crippen LogP contribution in [0.15, 0.2) is 22.0 Å². The molecule has 4 rings (SSSR count). The summed E-state index contributed by atoms with van der Waals surface area (Å²) in [6.45, 7) is 6.37. The molecule has 0 aliphatic carbocycles. The van der Waals surface area contributed by atoms with E-state index in [1.165, 1.54) is 22.5 Å². The first kappa shape index (κ1) is 51.4. The number of aromatic amines is 1. The third kappa shape index (κ3) is 15.5. The van der Waals surface area contributed by atoms with Crippen LogP contribution in [0.1, 0.15) is 82.7 Å². The Morgan fingerprint density at radius 3 is 2.27 bits per heavy atom. The molecule has 63 heavy (non-hydrogen) atoms. The summed E-state index contributed by atoms with van der Waals surface area (Å²) in [7, 11) is 0. The highest BCUT2D eigenvalue weighted by molar-refractivity contribution is 7.99. The number of hydrogen-bond acceptors (Lipinski definition) is 16. The van der Waals surface area contributed by atoms with Gasteiger partial charge in [-0.15, -0.1) is 5.10 Å². The van der Waals surface area contributed by atoms with E-state index in [4.69, 9.17) is 9.47 Å². The molecule has 0 bridgehead atoms. The Labute approximate surface area is 369 Å². The molecule has 2 aliphatic rings. The second kappa shape index (κ2) is 25.9. The van der Waals surface area contributed by atoms with Gasteiger partial charge in [-0.2, -0.15) is 11.8 Å². The molecule has 2 unspecified atom stereocenters. The predicted molar refractivity (Wildman–Crippen MR) is 228 cm³/mol. The van der Waals surface area contributed by atoms with E-state index in [9.17, 15) is 54.3 Å². The molecule has 2 saturated heterocycles. The van der Waals surface area contributed by atoms with Crippen molar-refractivity contribution >= 4 is 35.4 Å². The monoisotopic (exact) mass is 911 g/mol. The Morgan fingerprint density at radius 2 is 1.59 bits per heavy atom. The van der Waals surface area contributed by atoms with Crippen LogP contribution in [0, 0.1) is 12.8 Å². The van der Waals surface area contributed by atoms with Crippen molar-refractivity contribution < 1.29 is 54.2 Å². The number of amides is 4. The molecular formula is C40H65N9O13S. The van der Waals surface area contributed by atoms with Crippen LogP contribution in [-0.4, -0.2) is 178 Å². The van der Waals surface area contributed by atoms with Gasteiger partial charge in [0.1, 0.15) is 30.6 Å². The number of nitrogens with one attached hydrogen (secondary N) is 3. The van der Waals surface area contributed by atoms with Crippen LogP contribution in [0.5, 0.6) is 0 Å². The first-order valence-corrected chi connectivity index (χ1v) is 22.8. The first-order chi connectivity index (χ1) is 30.2. The minimum atomic E-state index is -1.60. The third-order valence-corrected chi connectivity index (χ3v) is 12.2. The van der Waals surface area contributed by atoms with E-state index in [2.05, 4.69) is 25.9 Å². The molecule has 0 aromatic carbocycles. The molecule has 8 atom stereocenters. The lowest BCUT2D eigenvalue weighted by Crippen LogP contribution is -2.64. The summed E-state index contributed by atoms with van der Waals surface area (Å²) in [5.41, 5.74) is 0.143. The molecule has 8 N–H and O–H groups in total. The van der Waals surface area contributed by atoms with Crippen LogP contribution in [-0.2, 0) is 41.6 Å². The molecule has 2 fully saturated rings. The van der Waals surface area contributed by atoms with Crippen molar-refractivity contribution in [3.05, 3.63) is 44.5 Å². The quantitative estimate of drug-likeness (QED) is 0.0463. The van der Waals surface area contributed by atoms with Gasteiger partial charge in [0.15, 0.2) is 6.29 Å². The van der Waals surface area contributed by atoms with E-state index < -0.39 is 66.7 Å². The molecule has 2 aromatic heterocycles. The summed E-state index contributed by atoms with van der Waals surface area (Å²) in [6.07, 6.45) is 0.373. The van der Waals surface area contributed by atoms with Crippen molar-refractivity contribution in [2.24, 2.45) is 5.92 Å². The van der Waals surface area contributed by atoms with Gasteiger partial charge in [-0.05, 0) is 44.9 Å². The lowest BCUT2D eigenvalue weighted by molar-refractivity contribution is -0.253. The van der Waals surface area contributed by atoms with E-state index in [0.29, 0.717) is 56.0 Å². The fraction of sp³-hybridized carbons (Fsp3) is 0.750.